The summed E-state index contributed by atoms with van der Waals surface area (Å²) in [5, 5.41) is 6.66. The van der Waals surface area contributed by atoms with Crippen molar-refractivity contribution in [1.29, 1.82) is 0 Å². The average molecular weight is 511 g/mol. The standard InChI is InChI=1S/C19H26IN7O2/c20-15-1-3-16(4-2-15)22-18-23-17(21-5-6-26-7-11-28-12-8-26)24-19(25-18)27-9-13-29-14-10-27/h1-4H,5-14H2,(H2,21,22,23,24,25). The molecule has 0 saturated carbocycles. The Hall–Kier alpha value is -1.76. The Morgan fingerprint density at radius 3 is 2.24 bits per heavy atom. The monoisotopic (exact) mass is 511 g/mol. The molecule has 9 nitrogen and oxygen atoms in total. The van der Waals surface area contributed by atoms with Crippen LogP contribution < -0.4 is 15.5 Å². The summed E-state index contributed by atoms with van der Waals surface area (Å²) in [5.41, 5.74) is 0.948. The van der Waals surface area contributed by atoms with Crippen molar-refractivity contribution in [2.24, 2.45) is 0 Å². The Morgan fingerprint density at radius 2 is 1.52 bits per heavy atom. The second kappa shape index (κ2) is 10.3. The molecule has 1 aromatic heterocycles. The number of rotatable bonds is 7. The lowest BCUT2D eigenvalue weighted by Crippen LogP contribution is -2.39. The van der Waals surface area contributed by atoms with E-state index in [-0.39, 0.29) is 0 Å². The molecular weight excluding hydrogens is 485 g/mol. The van der Waals surface area contributed by atoms with E-state index in [1.54, 1.807) is 0 Å². The zero-order chi connectivity index (χ0) is 19.9. The summed E-state index contributed by atoms with van der Waals surface area (Å²) in [6.45, 7) is 8.18. The van der Waals surface area contributed by atoms with Crippen molar-refractivity contribution in [1.82, 2.24) is 19.9 Å². The third-order valence-corrected chi connectivity index (χ3v) is 5.55. The molecule has 0 unspecified atom stereocenters. The van der Waals surface area contributed by atoms with E-state index in [2.05, 4.69) is 70.1 Å². The first-order chi connectivity index (χ1) is 14.3. The largest absolute Gasteiger partial charge is 0.379 e. The molecule has 0 atom stereocenters. The third-order valence-electron chi connectivity index (χ3n) is 4.83. The van der Waals surface area contributed by atoms with Gasteiger partial charge in [-0.05, 0) is 46.9 Å². The quantitative estimate of drug-likeness (QED) is 0.541. The van der Waals surface area contributed by atoms with Crippen LogP contribution in [0.2, 0.25) is 0 Å². The molecule has 0 radical (unpaired) electrons. The van der Waals surface area contributed by atoms with Crippen molar-refractivity contribution in [3.8, 4) is 0 Å². The Labute approximate surface area is 184 Å². The van der Waals surface area contributed by atoms with Gasteiger partial charge in [0, 0.05) is 48.5 Å². The molecule has 2 aliphatic rings. The zero-order valence-corrected chi connectivity index (χ0v) is 18.5. The van der Waals surface area contributed by atoms with Crippen LogP contribution in [0.15, 0.2) is 24.3 Å². The fourth-order valence-electron chi connectivity index (χ4n) is 3.22. The van der Waals surface area contributed by atoms with E-state index < -0.39 is 0 Å². The number of morpholine rings is 2. The van der Waals surface area contributed by atoms with Crippen molar-refractivity contribution >= 4 is 46.1 Å². The van der Waals surface area contributed by atoms with Crippen LogP contribution in [0.3, 0.4) is 0 Å². The first-order valence-electron chi connectivity index (χ1n) is 9.91. The first-order valence-corrected chi connectivity index (χ1v) is 11.0. The van der Waals surface area contributed by atoms with Crippen LogP contribution in [0.4, 0.5) is 23.5 Å². The number of halogens is 1. The van der Waals surface area contributed by atoms with Gasteiger partial charge in [0.25, 0.3) is 0 Å². The van der Waals surface area contributed by atoms with E-state index in [0.29, 0.717) is 31.1 Å². The van der Waals surface area contributed by atoms with Gasteiger partial charge in [-0.25, -0.2) is 0 Å². The zero-order valence-electron chi connectivity index (χ0n) is 16.3. The fourth-order valence-corrected chi connectivity index (χ4v) is 3.58. The van der Waals surface area contributed by atoms with E-state index in [4.69, 9.17) is 9.47 Å². The minimum atomic E-state index is 0.538. The van der Waals surface area contributed by atoms with Gasteiger partial charge in [0.1, 0.15) is 0 Å². The number of aromatic nitrogens is 3. The molecule has 2 aliphatic heterocycles. The summed E-state index contributed by atoms with van der Waals surface area (Å²) in [5.74, 6) is 1.80. The van der Waals surface area contributed by atoms with Crippen LogP contribution in [0.1, 0.15) is 0 Å². The minimum Gasteiger partial charge on any atom is -0.379 e. The second-order valence-electron chi connectivity index (χ2n) is 6.89. The molecule has 10 heteroatoms. The molecule has 0 aliphatic carbocycles. The molecule has 4 rings (SSSR count). The van der Waals surface area contributed by atoms with Crippen molar-refractivity contribution in [3.05, 3.63) is 27.8 Å². The highest BCUT2D eigenvalue weighted by atomic mass is 127. The molecule has 3 heterocycles. The third kappa shape index (κ3) is 6.11. The number of nitrogens with one attached hydrogen (secondary N) is 2. The van der Waals surface area contributed by atoms with E-state index in [9.17, 15) is 0 Å². The Morgan fingerprint density at radius 1 is 0.862 bits per heavy atom. The van der Waals surface area contributed by atoms with Gasteiger partial charge >= 0.3 is 0 Å². The smallest absolute Gasteiger partial charge is 0.233 e. The van der Waals surface area contributed by atoms with E-state index in [1.165, 1.54) is 3.57 Å². The number of ether oxygens (including phenoxy) is 2. The molecule has 0 amide bonds. The highest BCUT2D eigenvalue weighted by Crippen LogP contribution is 2.19. The summed E-state index contributed by atoms with van der Waals surface area (Å²) in [4.78, 5) is 18.4. The molecule has 0 spiro atoms. The van der Waals surface area contributed by atoms with Gasteiger partial charge in [0.2, 0.25) is 17.8 Å². The molecule has 29 heavy (non-hydrogen) atoms. The Kier molecular flexibility index (Phi) is 7.30. The van der Waals surface area contributed by atoms with Crippen molar-refractivity contribution in [2.75, 3.05) is 81.2 Å². The molecular formula is C19H26IN7O2. The van der Waals surface area contributed by atoms with Crippen LogP contribution in [0, 0.1) is 3.57 Å². The lowest BCUT2D eigenvalue weighted by Gasteiger charge is -2.27. The second-order valence-corrected chi connectivity index (χ2v) is 8.14. The van der Waals surface area contributed by atoms with Gasteiger partial charge in [-0.3, -0.25) is 4.90 Å². The normalized spacial score (nSPS) is 17.9. The summed E-state index contributed by atoms with van der Waals surface area (Å²) in [6, 6.07) is 8.14. The van der Waals surface area contributed by atoms with Gasteiger partial charge in [-0.1, -0.05) is 0 Å². The van der Waals surface area contributed by atoms with Crippen molar-refractivity contribution in [3.63, 3.8) is 0 Å². The van der Waals surface area contributed by atoms with Crippen LogP contribution in [-0.4, -0.2) is 85.5 Å². The highest BCUT2D eigenvalue weighted by Gasteiger charge is 2.17. The predicted octanol–water partition coefficient (Wildman–Crippen LogP) is 1.80. The number of hydrogen-bond donors (Lipinski definition) is 2. The lowest BCUT2D eigenvalue weighted by atomic mass is 10.3. The lowest BCUT2D eigenvalue weighted by molar-refractivity contribution is 0.0398. The van der Waals surface area contributed by atoms with E-state index >= 15 is 0 Å². The highest BCUT2D eigenvalue weighted by molar-refractivity contribution is 14.1. The average Bonchev–Trinajstić information content (AvgIpc) is 2.77. The van der Waals surface area contributed by atoms with E-state index in [0.717, 1.165) is 58.2 Å². The maximum atomic E-state index is 5.46. The van der Waals surface area contributed by atoms with Gasteiger partial charge in [0.15, 0.2) is 0 Å². The molecule has 156 valence electrons. The first kappa shape index (κ1) is 20.5. The SMILES string of the molecule is Ic1ccc(Nc2nc(NCCN3CCOCC3)nc(N3CCOCC3)n2)cc1. The molecule has 1 aromatic carbocycles. The molecule has 2 saturated heterocycles. The van der Waals surface area contributed by atoms with Gasteiger partial charge in [-0.2, -0.15) is 15.0 Å². The number of nitrogens with zero attached hydrogens (tertiary/aromatic N) is 5. The summed E-state index contributed by atoms with van der Waals surface area (Å²) >= 11 is 2.29. The van der Waals surface area contributed by atoms with Crippen LogP contribution >= 0.6 is 22.6 Å². The molecule has 0 bridgehead atoms. The molecule has 2 N–H and O–H groups in total. The molecule has 2 aromatic rings. The number of hydrogen-bond acceptors (Lipinski definition) is 9. The minimum absolute atomic E-state index is 0.538. The predicted molar refractivity (Wildman–Crippen MR) is 121 cm³/mol. The van der Waals surface area contributed by atoms with E-state index in [1.807, 2.05) is 12.1 Å². The number of anilines is 4. The van der Waals surface area contributed by atoms with Gasteiger partial charge in [-0.15, -0.1) is 0 Å². The van der Waals surface area contributed by atoms with Crippen LogP contribution in [0.25, 0.3) is 0 Å². The maximum absolute atomic E-state index is 5.46. The Balaban J connectivity index is 1.46. The topological polar surface area (TPSA) is 87.7 Å². The van der Waals surface area contributed by atoms with Crippen LogP contribution in [-0.2, 0) is 9.47 Å². The maximum Gasteiger partial charge on any atom is 0.233 e. The summed E-state index contributed by atoms with van der Waals surface area (Å²) in [6.07, 6.45) is 0. The van der Waals surface area contributed by atoms with Crippen molar-refractivity contribution < 1.29 is 9.47 Å². The molecule has 2 fully saturated rings. The summed E-state index contributed by atoms with van der Waals surface area (Å²) in [7, 11) is 0. The Bertz CT molecular complexity index is 781. The fraction of sp³-hybridized carbons (Fsp3) is 0.526. The van der Waals surface area contributed by atoms with Crippen molar-refractivity contribution in [2.45, 2.75) is 0 Å². The van der Waals surface area contributed by atoms with Gasteiger partial charge < -0.3 is 25.0 Å². The van der Waals surface area contributed by atoms with Gasteiger partial charge in [0.05, 0.1) is 26.4 Å². The van der Waals surface area contributed by atoms with Crippen LogP contribution in [0.5, 0.6) is 0 Å². The number of benzene rings is 1. The summed E-state index contributed by atoms with van der Waals surface area (Å²) < 4.78 is 12.1.